The van der Waals surface area contributed by atoms with E-state index in [9.17, 15) is 0 Å². The van der Waals surface area contributed by atoms with E-state index >= 15 is 0 Å². The Balaban J connectivity index is 1.77. The SMILES string of the molecule is CCOCCCNCCn1ccc2ccc(Br)cc21. The fourth-order valence-corrected chi connectivity index (χ4v) is 2.47. The van der Waals surface area contributed by atoms with Crippen LogP contribution in [-0.4, -0.2) is 30.9 Å². The summed E-state index contributed by atoms with van der Waals surface area (Å²) in [5.74, 6) is 0. The Hall–Kier alpha value is -0.840. The molecule has 1 heterocycles. The van der Waals surface area contributed by atoms with Gasteiger partial charge < -0.3 is 14.6 Å². The maximum atomic E-state index is 5.31. The summed E-state index contributed by atoms with van der Waals surface area (Å²) < 4.78 is 8.72. The lowest BCUT2D eigenvalue weighted by Gasteiger charge is -2.07. The summed E-state index contributed by atoms with van der Waals surface area (Å²) in [6.45, 7) is 6.69. The van der Waals surface area contributed by atoms with Gasteiger partial charge in [-0.25, -0.2) is 0 Å². The van der Waals surface area contributed by atoms with Crippen molar-refractivity contribution in [2.45, 2.75) is 19.9 Å². The predicted octanol–water partition coefficient (Wildman–Crippen LogP) is 3.42. The molecule has 4 heteroatoms. The minimum absolute atomic E-state index is 0.810. The molecule has 0 aliphatic carbocycles. The van der Waals surface area contributed by atoms with Crippen molar-refractivity contribution >= 4 is 26.8 Å². The Labute approximate surface area is 123 Å². The molecule has 0 unspecified atom stereocenters. The summed E-state index contributed by atoms with van der Waals surface area (Å²) in [5.41, 5.74) is 1.28. The fraction of sp³-hybridized carbons (Fsp3) is 0.467. The molecule has 0 bridgehead atoms. The van der Waals surface area contributed by atoms with Crippen LogP contribution in [0.4, 0.5) is 0 Å². The molecule has 1 aromatic carbocycles. The van der Waals surface area contributed by atoms with Crippen LogP contribution in [0.1, 0.15) is 13.3 Å². The number of aromatic nitrogens is 1. The number of nitrogens with one attached hydrogen (secondary N) is 1. The summed E-state index contributed by atoms with van der Waals surface area (Å²) in [6.07, 6.45) is 3.23. The number of benzene rings is 1. The topological polar surface area (TPSA) is 26.2 Å². The van der Waals surface area contributed by atoms with Crippen LogP contribution >= 0.6 is 15.9 Å². The highest BCUT2D eigenvalue weighted by atomic mass is 79.9. The molecule has 0 saturated heterocycles. The van der Waals surface area contributed by atoms with Crippen molar-refractivity contribution in [1.29, 1.82) is 0 Å². The zero-order valence-corrected chi connectivity index (χ0v) is 12.9. The summed E-state index contributed by atoms with van der Waals surface area (Å²) in [4.78, 5) is 0. The minimum atomic E-state index is 0.810. The van der Waals surface area contributed by atoms with E-state index in [1.54, 1.807) is 0 Å². The third kappa shape index (κ3) is 4.34. The second-order valence-corrected chi connectivity index (χ2v) is 5.43. The summed E-state index contributed by atoms with van der Waals surface area (Å²) in [6, 6.07) is 8.56. The lowest BCUT2D eigenvalue weighted by atomic mass is 10.2. The lowest BCUT2D eigenvalue weighted by molar-refractivity contribution is 0.145. The third-order valence-electron chi connectivity index (χ3n) is 3.11. The molecule has 0 amide bonds. The molecule has 2 aromatic rings. The Morgan fingerprint density at radius 3 is 3.00 bits per heavy atom. The number of fused-ring (bicyclic) bond motifs is 1. The van der Waals surface area contributed by atoms with E-state index in [1.807, 2.05) is 6.92 Å². The predicted molar refractivity (Wildman–Crippen MR) is 83.6 cm³/mol. The monoisotopic (exact) mass is 324 g/mol. The van der Waals surface area contributed by atoms with Gasteiger partial charge in [0.15, 0.2) is 0 Å². The number of rotatable bonds is 8. The third-order valence-corrected chi connectivity index (χ3v) is 3.61. The average molecular weight is 325 g/mol. The van der Waals surface area contributed by atoms with Crippen LogP contribution in [0.3, 0.4) is 0 Å². The summed E-state index contributed by atoms with van der Waals surface area (Å²) in [5, 5.41) is 4.74. The van der Waals surface area contributed by atoms with Crippen LogP contribution in [0.5, 0.6) is 0 Å². The number of hydrogen-bond acceptors (Lipinski definition) is 2. The van der Waals surface area contributed by atoms with Gasteiger partial charge in [-0.05, 0) is 43.5 Å². The zero-order valence-electron chi connectivity index (χ0n) is 11.4. The molecule has 3 nitrogen and oxygen atoms in total. The number of halogens is 1. The van der Waals surface area contributed by atoms with Gasteiger partial charge in [-0.1, -0.05) is 22.0 Å². The van der Waals surface area contributed by atoms with E-state index in [2.05, 4.69) is 56.3 Å². The standard InChI is InChI=1S/C15H21BrN2O/c1-2-19-11-3-7-17-8-10-18-9-6-13-4-5-14(16)12-15(13)18/h4-6,9,12,17H,2-3,7-8,10-11H2,1H3. The van der Waals surface area contributed by atoms with Gasteiger partial charge in [0.1, 0.15) is 0 Å². The van der Waals surface area contributed by atoms with Crippen LogP contribution in [0.15, 0.2) is 34.9 Å². The first-order valence-corrected chi connectivity index (χ1v) is 7.63. The van der Waals surface area contributed by atoms with E-state index in [1.165, 1.54) is 10.9 Å². The molecule has 0 atom stereocenters. The number of ether oxygens (including phenoxy) is 1. The molecule has 0 aliphatic heterocycles. The molecular formula is C15H21BrN2O. The van der Waals surface area contributed by atoms with Gasteiger partial charge in [0.25, 0.3) is 0 Å². The smallest absolute Gasteiger partial charge is 0.0492 e. The van der Waals surface area contributed by atoms with Crippen LogP contribution < -0.4 is 5.32 Å². The van der Waals surface area contributed by atoms with Crippen molar-refractivity contribution < 1.29 is 4.74 Å². The van der Waals surface area contributed by atoms with Gasteiger partial charge in [-0.2, -0.15) is 0 Å². The quantitative estimate of drug-likeness (QED) is 0.753. The highest BCUT2D eigenvalue weighted by molar-refractivity contribution is 9.10. The molecule has 1 aromatic heterocycles. The van der Waals surface area contributed by atoms with Crippen molar-refractivity contribution in [1.82, 2.24) is 9.88 Å². The lowest BCUT2D eigenvalue weighted by Crippen LogP contribution is -2.21. The Bertz CT molecular complexity index is 510. The normalized spacial score (nSPS) is 11.3. The first kappa shape index (κ1) is 14.6. The minimum Gasteiger partial charge on any atom is -0.382 e. The highest BCUT2D eigenvalue weighted by Crippen LogP contribution is 2.20. The molecule has 0 spiro atoms. The molecule has 0 fully saturated rings. The van der Waals surface area contributed by atoms with Gasteiger partial charge in [0.05, 0.1) is 0 Å². The van der Waals surface area contributed by atoms with Crippen molar-refractivity contribution in [3.05, 3.63) is 34.9 Å². The van der Waals surface area contributed by atoms with E-state index in [4.69, 9.17) is 4.74 Å². The van der Waals surface area contributed by atoms with Gasteiger partial charge in [0, 0.05) is 42.5 Å². The summed E-state index contributed by atoms with van der Waals surface area (Å²) in [7, 11) is 0. The maximum Gasteiger partial charge on any atom is 0.0492 e. The maximum absolute atomic E-state index is 5.31. The van der Waals surface area contributed by atoms with Crippen LogP contribution in [0, 0.1) is 0 Å². The fourth-order valence-electron chi connectivity index (χ4n) is 2.12. The first-order chi connectivity index (χ1) is 9.31. The van der Waals surface area contributed by atoms with Gasteiger partial charge >= 0.3 is 0 Å². The Morgan fingerprint density at radius 1 is 1.26 bits per heavy atom. The summed E-state index contributed by atoms with van der Waals surface area (Å²) >= 11 is 3.53. The molecule has 0 aliphatic rings. The van der Waals surface area contributed by atoms with E-state index in [0.717, 1.165) is 43.7 Å². The van der Waals surface area contributed by atoms with Crippen molar-refractivity contribution in [3.8, 4) is 0 Å². The van der Waals surface area contributed by atoms with E-state index < -0.39 is 0 Å². The van der Waals surface area contributed by atoms with Crippen molar-refractivity contribution in [2.75, 3.05) is 26.3 Å². The molecular weight excluding hydrogens is 304 g/mol. The van der Waals surface area contributed by atoms with Crippen LogP contribution in [0.25, 0.3) is 10.9 Å². The van der Waals surface area contributed by atoms with Gasteiger partial charge in [-0.15, -0.1) is 0 Å². The molecule has 0 radical (unpaired) electrons. The second kappa shape index (κ2) is 7.68. The highest BCUT2D eigenvalue weighted by Gasteiger charge is 2.01. The second-order valence-electron chi connectivity index (χ2n) is 4.51. The molecule has 0 saturated carbocycles. The van der Waals surface area contributed by atoms with Gasteiger partial charge in [-0.3, -0.25) is 0 Å². The molecule has 1 N–H and O–H groups in total. The van der Waals surface area contributed by atoms with Crippen molar-refractivity contribution in [2.24, 2.45) is 0 Å². The molecule has 104 valence electrons. The largest absolute Gasteiger partial charge is 0.382 e. The Kier molecular flexibility index (Phi) is 5.89. The Morgan fingerprint density at radius 2 is 2.16 bits per heavy atom. The van der Waals surface area contributed by atoms with Gasteiger partial charge in [0.2, 0.25) is 0 Å². The van der Waals surface area contributed by atoms with Crippen LogP contribution in [-0.2, 0) is 11.3 Å². The van der Waals surface area contributed by atoms with Crippen molar-refractivity contribution in [3.63, 3.8) is 0 Å². The number of nitrogens with zero attached hydrogens (tertiary/aromatic N) is 1. The van der Waals surface area contributed by atoms with E-state index in [0.29, 0.717) is 0 Å². The van der Waals surface area contributed by atoms with E-state index in [-0.39, 0.29) is 0 Å². The first-order valence-electron chi connectivity index (χ1n) is 6.84. The van der Waals surface area contributed by atoms with Crippen LogP contribution in [0.2, 0.25) is 0 Å². The molecule has 2 rings (SSSR count). The average Bonchev–Trinajstić information content (AvgIpc) is 2.80. The molecule has 19 heavy (non-hydrogen) atoms. The number of hydrogen-bond donors (Lipinski definition) is 1. The zero-order chi connectivity index (χ0) is 13.5.